The number of furan rings is 1. The van der Waals surface area contributed by atoms with Gasteiger partial charge in [-0.3, -0.25) is 0 Å². The van der Waals surface area contributed by atoms with Crippen molar-refractivity contribution >= 4 is 82.1 Å². The molecule has 10 aromatic carbocycles. The normalized spacial score (nSPS) is 11.7. The number of nitrogens with zero attached hydrogens (tertiary/aromatic N) is 1. The third-order valence-corrected chi connectivity index (χ3v) is 11.0. The van der Waals surface area contributed by atoms with Gasteiger partial charge in [-0.1, -0.05) is 140 Å². The largest absolute Gasteiger partial charge is 0.456 e. The van der Waals surface area contributed by atoms with Crippen LogP contribution >= 0.6 is 0 Å². The van der Waals surface area contributed by atoms with Gasteiger partial charge in [-0.2, -0.15) is 0 Å². The van der Waals surface area contributed by atoms with Crippen LogP contribution in [0.3, 0.4) is 0 Å². The molecule has 0 aliphatic heterocycles. The zero-order valence-corrected chi connectivity index (χ0v) is 29.4. The quantitative estimate of drug-likeness (QED) is 0.168. The molecule has 0 aliphatic carbocycles. The summed E-state index contributed by atoms with van der Waals surface area (Å²) < 4.78 is 6.27. The summed E-state index contributed by atoms with van der Waals surface area (Å²) >= 11 is 0. The van der Waals surface area contributed by atoms with Crippen LogP contribution in [0.2, 0.25) is 0 Å². The molecule has 0 radical (unpaired) electrons. The number of hydrogen-bond acceptors (Lipinski definition) is 2. The average molecular weight is 688 g/mol. The first-order valence-electron chi connectivity index (χ1n) is 18.5. The lowest BCUT2D eigenvalue weighted by Crippen LogP contribution is -2.10. The lowest BCUT2D eigenvalue weighted by Gasteiger charge is -2.27. The molecule has 0 saturated carbocycles. The SMILES string of the molecule is c1ccc(-c2ccc(-c3cc4ccccc4c4ccc(N(c5ccccc5)c5ccc6ccc7cc8oc9ccccc9c8cc7c6c5)cc34)cc2)cc1. The van der Waals surface area contributed by atoms with Crippen molar-refractivity contribution in [1.29, 1.82) is 0 Å². The van der Waals surface area contributed by atoms with Gasteiger partial charge in [0.2, 0.25) is 0 Å². The Morgan fingerprint density at radius 3 is 1.70 bits per heavy atom. The van der Waals surface area contributed by atoms with E-state index in [-0.39, 0.29) is 0 Å². The van der Waals surface area contributed by atoms with Gasteiger partial charge in [0.15, 0.2) is 0 Å². The molecule has 1 aromatic heterocycles. The Balaban J connectivity index is 1.12. The summed E-state index contributed by atoms with van der Waals surface area (Å²) in [5, 5.41) is 12.0. The summed E-state index contributed by atoms with van der Waals surface area (Å²) in [6, 6.07) is 72.5. The second-order valence-electron chi connectivity index (χ2n) is 14.1. The summed E-state index contributed by atoms with van der Waals surface area (Å²) in [5.41, 5.74) is 10.0. The predicted molar refractivity (Wildman–Crippen MR) is 229 cm³/mol. The van der Waals surface area contributed by atoms with Crippen LogP contribution in [0.4, 0.5) is 17.1 Å². The van der Waals surface area contributed by atoms with Crippen molar-refractivity contribution in [3.8, 4) is 22.3 Å². The Labute approximate surface area is 312 Å². The van der Waals surface area contributed by atoms with E-state index in [0.29, 0.717) is 0 Å². The van der Waals surface area contributed by atoms with Gasteiger partial charge in [0.25, 0.3) is 0 Å². The molecule has 2 heteroatoms. The van der Waals surface area contributed by atoms with Crippen molar-refractivity contribution in [2.24, 2.45) is 0 Å². The maximum absolute atomic E-state index is 6.27. The molecule has 0 amide bonds. The topological polar surface area (TPSA) is 16.4 Å². The van der Waals surface area contributed by atoms with Gasteiger partial charge in [0.1, 0.15) is 11.2 Å². The number of fused-ring (bicyclic) bond motifs is 9. The summed E-state index contributed by atoms with van der Waals surface area (Å²) in [4.78, 5) is 2.39. The third kappa shape index (κ3) is 4.96. The highest BCUT2D eigenvalue weighted by Crippen LogP contribution is 2.43. The highest BCUT2D eigenvalue weighted by molar-refractivity contribution is 6.18. The highest BCUT2D eigenvalue weighted by Gasteiger charge is 2.18. The van der Waals surface area contributed by atoms with Crippen molar-refractivity contribution < 1.29 is 4.42 Å². The van der Waals surface area contributed by atoms with Crippen molar-refractivity contribution in [3.05, 3.63) is 200 Å². The molecule has 0 fully saturated rings. The molecule has 252 valence electrons. The van der Waals surface area contributed by atoms with E-state index in [1.807, 2.05) is 12.1 Å². The molecule has 1 heterocycles. The third-order valence-electron chi connectivity index (χ3n) is 11.0. The smallest absolute Gasteiger partial charge is 0.136 e. The fourth-order valence-electron chi connectivity index (χ4n) is 8.37. The molecule has 0 N–H and O–H groups in total. The van der Waals surface area contributed by atoms with Crippen molar-refractivity contribution in [2.75, 3.05) is 4.90 Å². The van der Waals surface area contributed by atoms with Crippen LogP contribution in [0.5, 0.6) is 0 Å². The molecule has 11 rings (SSSR count). The molecular weight excluding hydrogens is 655 g/mol. The average Bonchev–Trinajstić information content (AvgIpc) is 3.61. The molecule has 0 spiro atoms. The van der Waals surface area contributed by atoms with Crippen LogP contribution in [0.1, 0.15) is 0 Å². The first kappa shape index (κ1) is 30.5. The van der Waals surface area contributed by atoms with Crippen LogP contribution in [0.25, 0.3) is 87.3 Å². The first-order chi connectivity index (χ1) is 26.7. The molecule has 0 saturated heterocycles. The molecule has 0 unspecified atom stereocenters. The van der Waals surface area contributed by atoms with Crippen LogP contribution in [-0.4, -0.2) is 0 Å². The minimum absolute atomic E-state index is 0.915. The molecule has 0 aliphatic rings. The fourth-order valence-corrected chi connectivity index (χ4v) is 8.37. The second-order valence-corrected chi connectivity index (χ2v) is 14.1. The molecule has 11 aromatic rings. The summed E-state index contributed by atoms with van der Waals surface area (Å²) in [5.74, 6) is 0. The number of benzene rings is 10. The van der Waals surface area contributed by atoms with E-state index in [2.05, 4.69) is 193 Å². The summed E-state index contributed by atoms with van der Waals surface area (Å²) in [6.45, 7) is 0. The number of para-hydroxylation sites is 2. The Kier molecular flexibility index (Phi) is 6.90. The second kappa shape index (κ2) is 12.2. The van der Waals surface area contributed by atoms with Crippen molar-refractivity contribution in [1.82, 2.24) is 0 Å². The lowest BCUT2D eigenvalue weighted by molar-refractivity contribution is 0.669. The molecule has 54 heavy (non-hydrogen) atoms. The Bertz CT molecular complexity index is 3200. The van der Waals surface area contributed by atoms with Gasteiger partial charge >= 0.3 is 0 Å². The molecule has 0 bridgehead atoms. The van der Waals surface area contributed by atoms with Gasteiger partial charge in [-0.05, 0) is 126 Å². The van der Waals surface area contributed by atoms with Gasteiger partial charge < -0.3 is 9.32 Å². The molecule has 0 atom stereocenters. The fraction of sp³-hybridized carbons (Fsp3) is 0. The Morgan fingerprint density at radius 1 is 0.278 bits per heavy atom. The minimum Gasteiger partial charge on any atom is -0.456 e. The monoisotopic (exact) mass is 687 g/mol. The standard InChI is InChI=1S/C52H33NO/c1-3-11-34(12-4-1)35-19-21-36(22-20-35)46-29-38-13-7-8-16-43(38)44-28-27-42(32-49(44)46)53(40-14-5-2-6-15-40)41-26-25-37-23-24-39-30-52-50(33-48(39)47(37)31-41)45-17-9-10-18-51(45)54-52/h1-33H. The first-order valence-corrected chi connectivity index (χ1v) is 18.5. The van der Waals surface area contributed by atoms with Crippen LogP contribution < -0.4 is 4.90 Å². The van der Waals surface area contributed by atoms with E-state index in [4.69, 9.17) is 4.42 Å². The zero-order chi connectivity index (χ0) is 35.6. The highest BCUT2D eigenvalue weighted by atomic mass is 16.3. The van der Waals surface area contributed by atoms with E-state index < -0.39 is 0 Å². The minimum atomic E-state index is 0.915. The predicted octanol–water partition coefficient (Wildman–Crippen LogP) is 15.0. The van der Waals surface area contributed by atoms with Crippen molar-refractivity contribution in [3.63, 3.8) is 0 Å². The van der Waals surface area contributed by atoms with Gasteiger partial charge in [0, 0.05) is 27.8 Å². The molecular formula is C52H33NO. The van der Waals surface area contributed by atoms with E-state index in [1.54, 1.807) is 0 Å². The lowest BCUT2D eigenvalue weighted by atomic mass is 9.92. The Morgan fingerprint density at radius 2 is 0.870 bits per heavy atom. The summed E-state index contributed by atoms with van der Waals surface area (Å²) in [6.07, 6.45) is 0. The van der Waals surface area contributed by atoms with E-state index in [1.165, 1.54) is 60.0 Å². The maximum Gasteiger partial charge on any atom is 0.136 e. The van der Waals surface area contributed by atoms with Crippen molar-refractivity contribution in [2.45, 2.75) is 0 Å². The van der Waals surface area contributed by atoms with Gasteiger partial charge in [0.05, 0.1) is 0 Å². The van der Waals surface area contributed by atoms with Crippen LogP contribution in [0.15, 0.2) is 205 Å². The zero-order valence-electron chi connectivity index (χ0n) is 29.4. The molecule has 2 nitrogen and oxygen atoms in total. The van der Waals surface area contributed by atoms with Gasteiger partial charge in [-0.25, -0.2) is 0 Å². The number of rotatable bonds is 5. The van der Waals surface area contributed by atoms with Gasteiger partial charge in [-0.15, -0.1) is 0 Å². The van der Waals surface area contributed by atoms with Crippen LogP contribution in [0, 0.1) is 0 Å². The van der Waals surface area contributed by atoms with E-state index in [9.17, 15) is 0 Å². The maximum atomic E-state index is 6.27. The van der Waals surface area contributed by atoms with E-state index >= 15 is 0 Å². The summed E-state index contributed by atoms with van der Waals surface area (Å²) in [7, 11) is 0. The van der Waals surface area contributed by atoms with E-state index in [0.717, 1.165) is 44.4 Å². The Hall–Kier alpha value is -7.16. The number of anilines is 3. The van der Waals surface area contributed by atoms with Crippen LogP contribution in [-0.2, 0) is 0 Å². The number of hydrogen-bond donors (Lipinski definition) is 0.